The van der Waals surface area contributed by atoms with Crippen LogP contribution in [0.1, 0.15) is 41.5 Å². The predicted molar refractivity (Wildman–Crippen MR) is 79.1 cm³/mol. The number of hydrogen-bond donors (Lipinski definition) is 0. The highest BCUT2D eigenvalue weighted by Crippen LogP contribution is 2.39. The van der Waals surface area contributed by atoms with Gasteiger partial charge in [0.05, 0.1) is 12.5 Å². The molecule has 0 bridgehead atoms. The van der Waals surface area contributed by atoms with Crippen LogP contribution >= 0.6 is 0 Å². The summed E-state index contributed by atoms with van der Waals surface area (Å²) >= 11 is 0. The second-order valence-corrected chi connectivity index (χ2v) is 7.44. The number of nitrogens with zero attached hydrogens (tertiary/aromatic N) is 2. The largest absolute Gasteiger partial charge is 0.313 e. The molecule has 0 aromatic rings. The quantitative estimate of drug-likeness (QED) is 0.658. The maximum Gasteiger partial charge on any atom is 0.235 e. The van der Waals surface area contributed by atoms with E-state index in [-0.39, 0.29) is 22.8 Å². The summed E-state index contributed by atoms with van der Waals surface area (Å²) in [7, 11) is 0. The highest BCUT2D eigenvalue weighted by Gasteiger charge is 2.41. The molecule has 0 spiro atoms. The summed E-state index contributed by atoms with van der Waals surface area (Å²) < 4.78 is 0. The minimum absolute atomic E-state index is 0.108. The fraction of sp³-hybridized carbons (Fsp3) is 0.625. The lowest BCUT2D eigenvalue weighted by atomic mass is 9.74. The van der Waals surface area contributed by atoms with E-state index in [0.29, 0.717) is 6.54 Å². The zero-order chi connectivity index (χ0) is 14.4. The molecule has 3 nitrogen and oxygen atoms in total. The van der Waals surface area contributed by atoms with Crippen LogP contribution in [0.2, 0.25) is 0 Å². The summed E-state index contributed by atoms with van der Waals surface area (Å²) in [5.41, 5.74) is 1.97. The zero-order valence-corrected chi connectivity index (χ0v) is 12.8. The summed E-state index contributed by atoms with van der Waals surface area (Å²) in [5.74, 6) is 0.0533. The van der Waals surface area contributed by atoms with Crippen molar-refractivity contribution in [2.45, 2.75) is 47.1 Å². The van der Waals surface area contributed by atoms with Crippen molar-refractivity contribution in [3.8, 4) is 0 Å². The Labute approximate surface area is 116 Å². The molecule has 104 valence electrons. The lowest BCUT2D eigenvalue weighted by Crippen LogP contribution is -2.47. The summed E-state index contributed by atoms with van der Waals surface area (Å²) in [5, 5.41) is 0. The van der Waals surface area contributed by atoms with Gasteiger partial charge in [-0.1, -0.05) is 20.8 Å². The lowest BCUT2D eigenvalue weighted by Gasteiger charge is -2.38. The molecule has 0 radical (unpaired) electrons. The Kier molecular flexibility index (Phi) is 3.20. The minimum atomic E-state index is -0.200. The number of amides is 1. The van der Waals surface area contributed by atoms with E-state index in [0.717, 1.165) is 5.57 Å². The fourth-order valence-electron chi connectivity index (χ4n) is 2.73. The molecule has 0 aromatic heterocycles. The van der Waals surface area contributed by atoms with Gasteiger partial charge in [-0.15, -0.1) is 0 Å². The predicted octanol–water partition coefficient (Wildman–Crippen LogP) is 3.18. The van der Waals surface area contributed by atoms with Crippen LogP contribution in [0.5, 0.6) is 0 Å². The van der Waals surface area contributed by atoms with Crippen molar-refractivity contribution >= 4 is 12.1 Å². The molecule has 1 atom stereocenters. The Morgan fingerprint density at radius 1 is 1.21 bits per heavy atom. The molecule has 2 rings (SSSR count). The molecule has 0 N–H and O–H groups in total. The van der Waals surface area contributed by atoms with Gasteiger partial charge in [-0.2, -0.15) is 0 Å². The van der Waals surface area contributed by atoms with Crippen LogP contribution in [0.4, 0.5) is 0 Å². The molecular weight excluding hydrogens is 236 g/mol. The standard InChI is InChI=1S/C16H24N2O/c1-15(2,3)13-12-10-17-9-11(12)7-8-18(14(13)19)16(4,5)6/h7-8,10,13H,9H2,1-6H3. The maximum atomic E-state index is 13.0. The Morgan fingerprint density at radius 2 is 1.84 bits per heavy atom. The van der Waals surface area contributed by atoms with E-state index in [1.807, 2.05) is 17.3 Å². The van der Waals surface area contributed by atoms with Gasteiger partial charge < -0.3 is 4.90 Å². The third kappa shape index (κ3) is 2.51. The highest BCUT2D eigenvalue weighted by atomic mass is 16.2. The number of aliphatic imine (C=N–C) groups is 1. The van der Waals surface area contributed by atoms with Gasteiger partial charge in [0, 0.05) is 18.0 Å². The van der Waals surface area contributed by atoms with Gasteiger partial charge in [0.15, 0.2) is 0 Å². The first-order valence-corrected chi connectivity index (χ1v) is 6.86. The summed E-state index contributed by atoms with van der Waals surface area (Å²) in [6.07, 6.45) is 5.87. The van der Waals surface area contributed by atoms with E-state index in [1.54, 1.807) is 0 Å². The molecule has 0 aromatic carbocycles. The normalized spacial score (nSPS) is 24.0. The Bertz CT molecular complexity index is 484. The van der Waals surface area contributed by atoms with E-state index >= 15 is 0 Å². The van der Waals surface area contributed by atoms with Crippen LogP contribution < -0.4 is 0 Å². The van der Waals surface area contributed by atoms with Crippen molar-refractivity contribution in [2.24, 2.45) is 16.3 Å². The molecule has 1 unspecified atom stereocenters. The van der Waals surface area contributed by atoms with Gasteiger partial charge in [-0.05, 0) is 43.4 Å². The minimum Gasteiger partial charge on any atom is -0.313 e. The average molecular weight is 260 g/mol. The topological polar surface area (TPSA) is 32.7 Å². The number of rotatable bonds is 0. The van der Waals surface area contributed by atoms with Crippen LogP contribution in [0, 0.1) is 11.3 Å². The SMILES string of the molecule is CC(C)(C)C1C(=O)N(C(C)(C)C)C=CC2=C1C=NC2. The van der Waals surface area contributed by atoms with Crippen molar-refractivity contribution in [1.82, 2.24) is 4.90 Å². The lowest BCUT2D eigenvalue weighted by molar-refractivity contribution is -0.138. The van der Waals surface area contributed by atoms with Gasteiger partial charge in [0.2, 0.25) is 5.91 Å². The molecule has 2 heterocycles. The summed E-state index contributed by atoms with van der Waals surface area (Å²) in [4.78, 5) is 19.2. The van der Waals surface area contributed by atoms with E-state index in [1.165, 1.54) is 5.57 Å². The summed E-state index contributed by atoms with van der Waals surface area (Å²) in [6, 6.07) is 0. The third-order valence-electron chi connectivity index (χ3n) is 3.67. The van der Waals surface area contributed by atoms with E-state index < -0.39 is 0 Å². The smallest absolute Gasteiger partial charge is 0.235 e. The van der Waals surface area contributed by atoms with Gasteiger partial charge in [-0.25, -0.2) is 0 Å². The first-order chi connectivity index (χ1) is 8.62. The van der Waals surface area contributed by atoms with Crippen molar-refractivity contribution < 1.29 is 4.79 Å². The molecule has 2 aliphatic rings. The third-order valence-corrected chi connectivity index (χ3v) is 3.67. The molecule has 0 saturated carbocycles. The monoisotopic (exact) mass is 260 g/mol. The number of hydrogen-bond acceptors (Lipinski definition) is 2. The average Bonchev–Trinajstić information content (AvgIpc) is 2.57. The summed E-state index contributed by atoms with van der Waals surface area (Å²) in [6.45, 7) is 13.3. The van der Waals surface area contributed by atoms with Crippen LogP contribution in [-0.2, 0) is 4.79 Å². The first kappa shape index (κ1) is 14.0. The van der Waals surface area contributed by atoms with E-state index in [9.17, 15) is 4.79 Å². The van der Waals surface area contributed by atoms with E-state index in [2.05, 4.69) is 52.6 Å². The molecule has 2 aliphatic heterocycles. The van der Waals surface area contributed by atoms with Gasteiger partial charge >= 0.3 is 0 Å². The Morgan fingerprint density at radius 3 is 2.37 bits per heavy atom. The van der Waals surface area contributed by atoms with Crippen LogP contribution in [0.15, 0.2) is 28.4 Å². The van der Waals surface area contributed by atoms with Crippen molar-refractivity contribution in [1.29, 1.82) is 0 Å². The van der Waals surface area contributed by atoms with Gasteiger partial charge in [0.1, 0.15) is 0 Å². The van der Waals surface area contributed by atoms with Gasteiger partial charge in [-0.3, -0.25) is 9.79 Å². The fourth-order valence-corrected chi connectivity index (χ4v) is 2.73. The van der Waals surface area contributed by atoms with Gasteiger partial charge in [0.25, 0.3) is 0 Å². The first-order valence-electron chi connectivity index (χ1n) is 6.86. The molecule has 3 heteroatoms. The molecule has 0 fully saturated rings. The molecular formula is C16H24N2O. The van der Waals surface area contributed by atoms with Crippen molar-refractivity contribution in [3.05, 3.63) is 23.4 Å². The highest BCUT2D eigenvalue weighted by molar-refractivity contribution is 5.96. The number of carbonyl (C=O) groups is 1. The second kappa shape index (κ2) is 4.32. The number of carbonyl (C=O) groups excluding carboxylic acids is 1. The van der Waals surface area contributed by atoms with Crippen LogP contribution in [0.25, 0.3) is 0 Å². The molecule has 0 aliphatic carbocycles. The Balaban J connectivity index is 2.51. The van der Waals surface area contributed by atoms with Crippen molar-refractivity contribution in [2.75, 3.05) is 6.54 Å². The molecule has 0 saturated heterocycles. The second-order valence-electron chi connectivity index (χ2n) is 7.44. The van der Waals surface area contributed by atoms with Crippen LogP contribution in [0.3, 0.4) is 0 Å². The maximum absolute atomic E-state index is 13.0. The zero-order valence-electron chi connectivity index (χ0n) is 12.8. The molecule has 19 heavy (non-hydrogen) atoms. The van der Waals surface area contributed by atoms with E-state index in [4.69, 9.17) is 0 Å². The molecule has 1 amide bonds. The van der Waals surface area contributed by atoms with Crippen LogP contribution in [-0.4, -0.2) is 29.1 Å². The Hall–Kier alpha value is -1.38. The van der Waals surface area contributed by atoms with Crippen molar-refractivity contribution in [3.63, 3.8) is 0 Å².